The van der Waals surface area contributed by atoms with Crippen LogP contribution in [0.15, 0.2) is 23.1 Å². The number of nitrogens with one attached hydrogen (secondary N) is 2. The van der Waals surface area contributed by atoms with E-state index in [1.54, 1.807) is 11.8 Å². The Hall–Kier alpha value is -1.49. The van der Waals surface area contributed by atoms with Crippen LogP contribution in [-0.4, -0.2) is 23.6 Å². The lowest BCUT2D eigenvalue weighted by atomic mass is 9.49. The van der Waals surface area contributed by atoms with Crippen LogP contribution in [0.2, 0.25) is 0 Å². The minimum atomic E-state index is -0.0849. The van der Waals surface area contributed by atoms with Crippen LogP contribution in [0.5, 0.6) is 0 Å². The molecule has 0 saturated heterocycles. The second-order valence-corrected chi connectivity index (χ2v) is 10.4. The van der Waals surface area contributed by atoms with Crippen molar-refractivity contribution in [2.75, 3.05) is 11.9 Å². The van der Waals surface area contributed by atoms with Crippen LogP contribution >= 0.6 is 11.8 Å². The quantitative estimate of drug-likeness (QED) is 0.843. The van der Waals surface area contributed by atoms with Crippen LogP contribution in [-0.2, 0) is 4.79 Å². The maximum atomic E-state index is 12.7. The van der Waals surface area contributed by atoms with Gasteiger partial charge in [0.1, 0.15) is 0 Å². The smallest absolute Gasteiger partial charge is 0.251 e. The molecule has 138 valence electrons. The SMILES string of the molecule is C[C@@H]1Sc2ccc(C(=O)NCC34CC5CC(CC(C5)C3)C4)cc2NC1=O. The standard InChI is InChI=1S/C21H26N2O2S/c1-12-19(24)23-17-7-16(2-3-18(17)26-12)20(25)22-11-21-8-13-4-14(9-21)6-15(5-13)10-21/h2-3,7,12-15H,4-6,8-11H2,1H3,(H,22,25)(H,23,24)/t12-,13?,14?,15?,21?/m0/s1. The number of rotatable bonds is 3. The third-order valence-electron chi connectivity index (χ3n) is 6.96. The van der Waals surface area contributed by atoms with Gasteiger partial charge in [0.15, 0.2) is 0 Å². The van der Waals surface area contributed by atoms with E-state index in [0.29, 0.717) is 11.0 Å². The molecule has 4 nitrogen and oxygen atoms in total. The zero-order valence-electron chi connectivity index (χ0n) is 15.2. The molecule has 5 aliphatic rings. The van der Waals surface area contributed by atoms with Gasteiger partial charge in [-0.25, -0.2) is 0 Å². The van der Waals surface area contributed by atoms with Gasteiger partial charge in [0, 0.05) is 17.0 Å². The molecule has 5 heteroatoms. The number of benzene rings is 1. The predicted octanol–water partition coefficient (Wildman–Crippen LogP) is 4.07. The van der Waals surface area contributed by atoms with Crippen molar-refractivity contribution < 1.29 is 9.59 Å². The highest BCUT2D eigenvalue weighted by atomic mass is 32.2. The van der Waals surface area contributed by atoms with E-state index in [2.05, 4.69) is 10.6 Å². The minimum Gasteiger partial charge on any atom is -0.351 e. The molecule has 1 aromatic carbocycles. The Morgan fingerprint density at radius 1 is 1.19 bits per heavy atom. The molecule has 4 fully saturated rings. The molecule has 1 aliphatic heterocycles. The minimum absolute atomic E-state index is 0.00799. The van der Waals surface area contributed by atoms with Crippen LogP contribution in [0.4, 0.5) is 5.69 Å². The maximum Gasteiger partial charge on any atom is 0.251 e. The van der Waals surface area contributed by atoms with Gasteiger partial charge in [0.2, 0.25) is 5.91 Å². The molecule has 2 N–H and O–H groups in total. The van der Waals surface area contributed by atoms with Crippen LogP contribution in [0.25, 0.3) is 0 Å². The number of amides is 2. The van der Waals surface area contributed by atoms with E-state index < -0.39 is 0 Å². The number of thioether (sulfide) groups is 1. The normalized spacial score (nSPS) is 37.2. The van der Waals surface area contributed by atoms with Crippen LogP contribution < -0.4 is 10.6 Å². The van der Waals surface area contributed by atoms with Crippen LogP contribution in [0, 0.1) is 23.2 Å². The Labute approximate surface area is 158 Å². The third kappa shape index (κ3) is 2.84. The van der Waals surface area contributed by atoms with Gasteiger partial charge in [-0.2, -0.15) is 0 Å². The summed E-state index contributed by atoms with van der Waals surface area (Å²) in [5.74, 6) is 2.69. The molecular formula is C21H26N2O2S. The van der Waals surface area contributed by atoms with E-state index in [0.717, 1.165) is 34.9 Å². The van der Waals surface area contributed by atoms with Crippen molar-refractivity contribution in [2.45, 2.75) is 55.6 Å². The van der Waals surface area contributed by atoms with Crippen molar-refractivity contribution in [3.05, 3.63) is 23.8 Å². The Kier molecular flexibility index (Phi) is 3.85. The number of hydrogen-bond donors (Lipinski definition) is 2. The zero-order chi connectivity index (χ0) is 17.9. The molecule has 4 saturated carbocycles. The summed E-state index contributed by atoms with van der Waals surface area (Å²) in [5, 5.41) is 6.06. The molecule has 0 radical (unpaired) electrons. The van der Waals surface area contributed by atoms with Gasteiger partial charge in [-0.1, -0.05) is 0 Å². The fraction of sp³-hybridized carbons (Fsp3) is 0.619. The summed E-state index contributed by atoms with van der Waals surface area (Å²) in [5.41, 5.74) is 1.75. The fourth-order valence-corrected chi connectivity index (χ4v) is 7.16. The van der Waals surface area contributed by atoms with E-state index in [4.69, 9.17) is 0 Å². The summed E-state index contributed by atoms with van der Waals surface area (Å²) in [6.45, 7) is 2.71. The summed E-state index contributed by atoms with van der Waals surface area (Å²) in [6.07, 6.45) is 8.17. The van der Waals surface area contributed by atoms with Gasteiger partial charge in [-0.15, -0.1) is 11.8 Å². The summed E-state index contributed by atoms with van der Waals surface area (Å²) in [7, 11) is 0. The van der Waals surface area contributed by atoms with Gasteiger partial charge >= 0.3 is 0 Å². The van der Waals surface area contributed by atoms with E-state index in [9.17, 15) is 9.59 Å². The highest BCUT2D eigenvalue weighted by molar-refractivity contribution is 8.00. The van der Waals surface area contributed by atoms with Gasteiger partial charge in [0.05, 0.1) is 10.9 Å². The predicted molar refractivity (Wildman–Crippen MR) is 103 cm³/mol. The number of carbonyl (C=O) groups excluding carboxylic acids is 2. The molecule has 26 heavy (non-hydrogen) atoms. The first-order chi connectivity index (χ1) is 12.5. The van der Waals surface area contributed by atoms with Gasteiger partial charge in [-0.3, -0.25) is 9.59 Å². The molecule has 6 rings (SSSR count). The van der Waals surface area contributed by atoms with Crippen molar-refractivity contribution in [1.29, 1.82) is 0 Å². The van der Waals surface area contributed by atoms with Gasteiger partial charge in [-0.05, 0) is 86.8 Å². The molecule has 2 amide bonds. The maximum absolute atomic E-state index is 12.7. The second-order valence-electron chi connectivity index (χ2n) is 9.06. The fourth-order valence-electron chi connectivity index (χ4n) is 6.23. The van der Waals surface area contributed by atoms with Gasteiger partial charge < -0.3 is 10.6 Å². The first kappa shape index (κ1) is 16.7. The largest absolute Gasteiger partial charge is 0.351 e. The Bertz CT molecular complexity index is 740. The first-order valence-electron chi connectivity index (χ1n) is 9.89. The molecule has 1 heterocycles. The zero-order valence-corrected chi connectivity index (χ0v) is 16.0. The van der Waals surface area contributed by atoms with E-state index in [1.165, 1.54) is 38.5 Å². The second kappa shape index (κ2) is 6.01. The summed E-state index contributed by atoms with van der Waals surface area (Å²) in [4.78, 5) is 25.7. The number of hydrogen-bond acceptors (Lipinski definition) is 3. The summed E-state index contributed by atoms with van der Waals surface area (Å²) >= 11 is 1.55. The van der Waals surface area contributed by atoms with Crippen molar-refractivity contribution in [2.24, 2.45) is 23.2 Å². The topological polar surface area (TPSA) is 58.2 Å². The molecule has 0 spiro atoms. The van der Waals surface area contributed by atoms with Crippen molar-refractivity contribution in [1.82, 2.24) is 5.32 Å². The van der Waals surface area contributed by atoms with E-state index in [1.807, 2.05) is 25.1 Å². The highest BCUT2D eigenvalue weighted by Crippen LogP contribution is 2.59. The highest BCUT2D eigenvalue weighted by Gasteiger charge is 2.50. The molecule has 1 atom stereocenters. The Morgan fingerprint density at radius 3 is 2.50 bits per heavy atom. The number of anilines is 1. The van der Waals surface area contributed by atoms with Crippen LogP contribution in [0.3, 0.4) is 0 Å². The lowest BCUT2D eigenvalue weighted by molar-refractivity contribution is -0.115. The van der Waals surface area contributed by atoms with Crippen molar-refractivity contribution in [3.8, 4) is 0 Å². The first-order valence-corrected chi connectivity index (χ1v) is 10.8. The van der Waals surface area contributed by atoms with Crippen molar-refractivity contribution >= 4 is 29.3 Å². The molecule has 4 bridgehead atoms. The summed E-state index contributed by atoms with van der Waals surface area (Å²) < 4.78 is 0. The van der Waals surface area contributed by atoms with Gasteiger partial charge in [0.25, 0.3) is 5.91 Å². The monoisotopic (exact) mass is 370 g/mol. The molecular weight excluding hydrogens is 344 g/mol. The lowest BCUT2D eigenvalue weighted by Crippen LogP contribution is -2.51. The van der Waals surface area contributed by atoms with Crippen LogP contribution in [0.1, 0.15) is 55.8 Å². The molecule has 4 aliphatic carbocycles. The van der Waals surface area contributed by atoms with E-state index >= 15 is 0 Å². The molecule has 1 aromatic rings. The Balaban J connectivity index is 1.28. The molecule has 0 aromatic heterocycles. The summed E-state index contributed by atoms with van der Waals surface area (Å²) in [6, 6.07) is 5.65. The molecule has 0 unspecified atom stereocenters. The third-order valence-corrected chi connectivity index (χ3v) is 8.14. The van der Waals surface area contributed by atoms with E-state index in [-0.39, 0.29) is 17.1 Å². The average Bonchev–Trinajstić information content (AvgIpc) is 2.59. The van der Waals surface area contributed by atoms with Crippen molar-refractivity contribution in [3.63, 3.8) is 0 Å². The number of fused-ring (bicyclic) bond motifs is 1. The lowest BCUT2D eigenvalue weighted by Gasteiger charge is -2.56. The Morgan fingerprint density at radius 2 is 1.85 bits per heavy atom. The average molecular weight is 371 g/mol. The number of carbonyl (C=O) groups is 2.